The summed E-state index contributed by atoms with van der Waals surface area (Å²) < 4.78 is 0. The zero-order valence-electron chi connectivity index (χ0n) is 10.1. The molecule has 0 saturated heterocycles. The number of thioether (sulfide) groups is 1. The van der Waals surface area contributed by atoms with Gasteiger partial charge in [-0.1, -0.05) is 44.8 Å². The van der Waals surface area contributed by atoms with E-state index in [1.54, 1.807) is 0 Å². The molecule has 0 radical (unpaired) electrons. The Hall–Kier alpha value is 0.0900. The standard InChI is InChI=1S/C13H26S/c1-4-5-6-7-8-9-10-11-12-13(2)14-3/h4-5,13H,6-12H2,1-3H3. The van der Waals surface area contributed by atoms with E-state index in [0.717, 1.165) is 5.25 Å². The maximum absolute atomic E-state index is 2.33. The Labute approximate surface area is 94.6 Å². The molecule has 1 heteroatoms. The number of rotatable bonds is 9. The number of allylic oxidation sites excluding steroid dienone is 2. The molecule has 0 aliphatic rings. The van der Waals surface area contributed by atoms with Crippen LogP contribution >= 0.6 is 11.8 Å². The quantitative estimate of drug-likeness (QED) is 0.382. The fourth-order valence-electron chi connectivity index (χ4n) is 1.51. The van der Waals surface area contributed by atoms with Crippen LogP contribution in [0.5, 0.6) is 0 Å². The van der Waals surface area contributed by atoms with Gasteiger partial charge in [-0.2, -0.15) is 11.8 Å². The molecule has 0 spiro atoms. The molecule has 0 rings (SSSR count). The van der Waals surface area contributed by atoms with Gasteiger partial charge in [0.25, 0.3) is 0 Å². The molecular weight excluding hydrogens is 188 g/mol. The maximum atomic E-state index is 2.33. The molecule has 1 unspecified atom stereocenters. The Morgan fingerprint density at radius 2 is 1.71 bits per heavy atom. The summed E-state index contributed by atoms with van der Waals surface area (Å²) in [6.07, 6.45) is 16.4. The lowest BCUT2D eigenvalue weighted by molar-refractivity contribution is 0.596. The van der Waals surface area contributed by atoms with Gasteiger partial charge in [0.1, 0.15) is 0 Å². The van der Waals surface area contributed by atoms with Crippen molar-refractivity contribution < 1.29 is 0 Å². The average molecular weight is 214 g/mol. The summed E-state index contributed by atoms with van der Waals surface area (Å²) in [7, 11) is 0. The van der Waals surface area contributed by atoms with E-state index in [-0.39, 0.29) is 0 Å². The van der Waals surface area contributed by atoms with E-state index >= 15 is 0 Å². The van der Waals surface area contributed by atoms with E-state index in [9.17, 15) is 0 Å². The monoisotopic (exact) mass is 214 g/mol. The summed E-state index contributed by atoms with van der Waals surface area (Å²) in [6.45, 7) is 4.43. The highest BCUT2D eigenvalue weighted by Gasteiger charge is 1.97. The molecule has 84 valence electrons. The summed E-state index contributed by atoms with van der Waals surface area (Å²) in [5.74, 6) is 0. The predicted octanol–water partition coefficient (Wildman–Crippen LogP) is 5.04. The van der Waals surface area contributed by atoms with Crippen LogP contribution in [0.3, 0.4) is 0 Å². The summed E-state index contributed by atoms with van der Waals surface area (Å²) >= 11 is 1.99. The third kappa shape index (κ3) is 10.2. The number of hydrogen-bond donors (Lipinski definition) is 0. The Balaban J connectivity index is 2.99. The molecule has 0 aromatic heterocycles. The van der Waals surface area contributed by atoms with Gasteiger partial charge in [0.2, 0.25) is 0 Å². The molecule has 1 atom stereocenters. The molecule has 0 heterocycles. The Morgan fingerprint density at radius 1 is 1.07 bits per heavy atom. The van der Waals surface area contributed by atoms with Gasteiger partial charge >= 0.3 is 0 Å². The molecule has 0 nitrogen and oxygen atoms in total. The fourth-order valence-corrected chi connectivity index (χ4v) is 1.91. The molecule has 0 bridgehead atoms. The van der Waals surface area contributed by atoms with Gasteiger partial charge in [0.15, 0.2) is 0 Å². The highest BCUT2D eigenvalue weighted by atomic mass is 32.2. The minimum absolute atomic E-state index is 0.859. The summed E-state index contributed by atoms with van der Waals surface area (Å²) in [4.78, 5) is 0. The molecule has 0 aliphatic heterocycles. The van der Waals surface area contributed by atoms with Crippen LogP contribution in [0.15, 0.2) is 12.2 Å². The SMILES string of the molecule is CC=CCCCCCCCC(C)SC. The van der Waals surface area contributed by atoms with Gasteiger partial charge in [-0.15, -0.1) is 0 Å². The summed E-state index contributed by atoms with van der Waals surface area (Å²) in [5, 5.41) is 0.859. The predicted molar refractivity (Wildman–Crippen MR) is 70.1 cm³/mol. The Kier molecular flexibility index (Phi) is 11.2. The first-order chi connectivity index (χ1) is 6.81. The lowest BCUT2D eigenvalue weighted by atomic mass is 10.1. The second kappa shape index (κ2) is 11.2. The van der Waals surface area contributed by atoms with E-state index in [4.69, 9.17) is 0 Å². The topological polar surface area (TPSA) is 0 Å². The van der Waals surface area contributed by atoms with Crippen LogP contribution < -0.4 is 0 Å². The first-order valence-corrected chi connectivity index (χ1v) is 7.24. The lowest BCUT2D eigenvalue weighted by Crippen LogP contribution is -1.93. The van der Waals surface area contributed by atoms with Gasteiger partial charge in [-0.3, -0.25) is 0 Å². The number of hydrogen-bond acceptors (Lipinski definition) is 1. The number of unbranched alkanes of at least 4 members (excludes halogenated alkanes) is 5. The van der Waals surface area contributed by atoms with Crippen molar-refractivity contribution in [3.63, 3.8) is 0 Å². The van der Waals surface area contributed by atoms with Crippen LogP contribution in [0.4, 0.5) is 0 Å². The summed E-state index contributed by atoms with van der Waals surface area (Å²) in [5.41, 5.74) is 0. The smallest absolute Gasteiger partial charge is 0.00159 e. The van der Waals surface area contributed by atoms with Crippen molar-refractivity contribution in [2.75, 3.05) is 6.26 Å². The van der Waals surface area contributed by atoms with Crippen molar-refractivity contribution in [3.8, 4) is 0 Å². The van der Waals surface area contributed by atoms with E-state index in [0.29, 0.717) is 0 Å². The van der Waals surface area contributed by atoms with E-state index in [2.05, 4.69) is 32.3 Å². The molecule has 0 aromatic carbocycles. The third-order valence-corrected chi connectivity index (χ3v) is 3.66. The van der Waals surface area contributed by atoms with Crippen molar-refractivity contribution in [1.82, 2.24) is 0 Å². The first kappa shape index (κ1) is 14.1. The third-order valence-electron chi connectivity index (χ3n) is 2.62. The molecule has 0 fully saturated rings. The summed E-state index contributed by atoms with van der Waals surface area (Å²) in [6, 6.07) is 0. The molecule has 0 N–H and O–H groups in total. The van der Waals surface area contributed by atoms with Gasteiger partial charge in [-0.25, -0.2) is 0 Å². The highest BCUT2D eigenvalue weighted by molar-refractivity contribution is 7.99. The van der Waals surface area contributed by atoms with Crippen LogP contribution in [0.25, 0.3) is 0 Å². The van der Waals surface area contributed by atoms with Crippen LogP contribution in [-0.2, 0) is 0 Å². The molecule has 0 aliphatic carbocycles. The normalized spacial score (nSPS) is 13.6. The maximum Gasteiger partial charge on any atom is 0.00159 e. The van der Waals surface area contributed by atoms with Crippen LogP contribution in [0.1, 0.15) is 58.8 Å². The largest absolute Gasteiger partial charge is 0.162 e. The van der Waals surface area contributed by atoms with Gasteiger partial charge in [0, 0.05) is 5.25 Å². The fraction of sp³-hybridized carbons (Fsp3) is 0.846. The van der Waals surface area contributed by atoms with Crippen molar-refractivity contribution in [3.05, 3.63) is 12.2 Å². The van der Waals surface area contributed by atoms with Crippen molar-refractivity contribution in [1.29, 1.82) is 0 Å². The van der Waals surface area contributed by atoms with Gasteiger partial charge in [-0.05, 0) is 32.4 Å². The molecule has 0 amide bonds. The molecular formula is C13H26S. The van der Waals surface area contributed by atoms with Crippen molar-refractivity contribution in [2.24, 2.45) is 0 Å². The Morgan fingerprint density at radius 3 is 2.36 bits per heavy atom. The van der Waals surface area contributed by atoms with Crippen molar-refractivity contribution >= 4 is 11.8 Å². The average Bonchev–Trinajstić information content (AvgIpc) is 2.21. The van der Waals surface area contributed by atoms with Crippen molar-refractivity contribution in [2.45, 2.75) is 64.0 Å². The van der Waals surface area contributed by atoms with E-state index < -0.39 is 0 Å². The van der Waals surface area contributed by atoms with Gasteiger partial charge in [0.05, 0.1) is 0 Å². The zero-order valence-corrected chi connectivity index (χ0v) is 10.9. The molecule has 14 heavy (non-hydrogen) atoms. The second-order valence-electron chi connectivity index (χ2n) is 3.96. The van der Waals surface area contributed by atoms with E-state index in [1.165, 1.54) is 44.9 Å². The van der Waals surface area contributed by atoms with E-state index in [1.807, 2.05) is 11.8 Å². The van der Waals surface area contributed by atoms with Gasteiger partial charge < -0.3 is 0 Å². The minimum atomic E-state index is 0.859. The van der Waals surface area contributed by atoms with Crippen LogP contribution in [-0.4, -0.2) is 11.5 Å². The molecule has 0 aromatic rings. The van der Waals surface area contributed by atoms with Crippen LogP contribution in [0.2, 0.25) is 0 Å². The highest BCUT2D eigenvalue weighted by Crippen LogP contribution is 2.15. The molecule has 0 saturated carbocycles. The van der Waals surface area contributed by atoms with Crippen LogP contribution in [0, 0.1) is 0 Å². The minimum Gasteiger partial charge on any atom is -0.162 e. The second-order valence-corrected chi connectivity index (χ2v) is 5.24. The Bertz CT molecular complexity index is 129. The first-order valence-electron chi connectivity index (χ1n) is 5.95. The lowest BCUT2D eigenvalue weighted by Gasteiger charge is -2.06. The zero-order chi connectivity index (χ0) is 10.6.